The molecule has 204 valence electrons. The van der Waals surface area contributed by atoms with Crippen LogP contribution in [0.4, 0.5) is 0 Å². The standard InChI is InChI=1S/C30H36N2O5.ClH/c1-5-30-14-8-15-31-16-13-21-20-9-6-7-10-23(20)32(25(21)28(30)31)19(17-30)18-37-29(33)22-11-12-24(34-2)27(36-4)26(22)35-3;/h6-7,9-12,19,28H,5,8,13-18H2,1-4H3;1H/t19-,28-,30+;/m1./s1. The van der Waals surface area contributed by atoms with E-state index < -0.39 is 5.97 Å². The summed E-state index contributed by atoms with van der Waals surface area (Å²) in [6, 6.07) is 12.7. The Balaban J connectivity index is 0.00000294. The lowest BCUT2D eigenvalue weighted by atomic mass is 9.63. The van der Waals surface area contributed by atoms with Crippen molar-refractivity contribution in [3.63, 3.8) is 0 Å². The summed E-state index contributed by atoms with van der Waals surface area (Å²) in [5.74, 6) is 0.803. The Kier molecular flexibility index (Phi) is 7.27. The van der Waals surface area contributed by atoms with Crippen molar-refractivity contribution in [2.24, 2.45) is 5.41 Å². The Hall–Kier alpha value is -2.90. The van der Waals surface area contributed by atoms with Gasteiger partial charge in [-0.1, -0.05) is 25.1 Å². The summed E-state index contributed by atoms with van der Waals surface area (Å²) in [7, 11) is 4.61. The van der Waals surface area contributed by atoms with E-state index >= 15 is 0 Å². The minimum absolute atomic E-state index is 0. The zero-order valence-electron chi connectivity index (χ0n) is 22.6. The number of halogens is 1. The van der Waals surface area contributed by atoms with Crippen LogP contribution in [-0.2, 0) is 11.2 Å². The van der Waals surface area contributed by atoms with Gasteiger partial charge in [0.05, 0.1) is 33.4 Å². The molecule has 3 atom stereocenters. The number of carbonyl (C=O) groups excluding carboxylic acids is 1. The molecule has 3 aliphatic rings. The van der Waals surface area contributed by atoms with Gasteiger partial charge in [0.1, 0.15) is 12.2 Å². The van der Waals surface area contributed by atoms with Crippen molar-refractivity contribution in [2.45, 2.75) is 51.1 Å². The third-order valence-corrected chi connectivity index (χ3v) is 9.07. The monoisotopic (exact) mass is 540 g/mol. The molecule has 8 heteroatoms. The van der Waals surface area contributed by atoms with Crippen LogP contribution < -0.4 is 14.2 Å². The third-order valence-electron chi connectivity index (χ3n) is 9.07. The van der Waals surface area contributed by atoms with Crippen LogP contribution in [0.3, 0.4) is 0 Å². The van der Waals surface area contributed by atoms with Crippen LogP contribution in [0, 0.1) is 5.41 Å². The van der Waals surface area contributed by atoms with Crippen LogP contribution in [0.15, 0.2) is 36.4 Å². The molecule has 0 N–H and O–H groups in total. The molecule has 0 unspecified atom stereocenters. The number of benzene rings is 2. The minimum atomic E-state index is -0.416. The van der Waals surface area contributed by atoms with Crippen LogP contribution in [-0.4, -0.2) is 56.5 Å². The Morgan fingerprint density at radius 2 is 1.82 bits per heavy atom. The number of nitrogens with zero attached hydrogens (tertiary/aromatic N) is 2. The molecule has 7 nitrogen and oxygen atoms in total. The lowest BCUT2D eigenvalue weighted by molar-refractivity contribution is -0.0445. The zero-order valence-corrected chi connectivity index (χ0v) is 23.4. The van der Waals surface area contributed by atoms with Gasteiger partial charge >= 0.3 is 5.97 Å². The van der Waals surface area contributed by atoms with Gasteiger partial charge in [0.2, 0.25) is 5.75 Å². The largest absolute Gasteiger partial charge is 0.493 e. The van der Waals surface area contributed by atoms with E-state index in [0.29, 0.717) is 35.5 Å². The summed E-state index contributed by atoms with van der Waals surface area (Å²) in [6.45, 7) is 4.96. The van der Waals surface area contributed by atoms with Gasteiger partial charge in [-0.15, -0.1) is 12.4 Å². The molecule has 0 aliphatic carbocycles. The number of rotatable bonds is 7. The first-order valence-corrected chi connectivity index (χ1v) is 13.4. The molecule has 1 aromatic heterocycles. The number of hydrogen-bond acceptors (Lipinski definition) is 6. The third kappa shape index (κ3) is 3.85. The van der Waals surface area contributed by atoms with Gasteiger partial charge < -0.3 is 23.5 Å². The highest BCUT2D eigenvalue weighted by Gasteiger charge is 2.53. The van der Waals surface area contributed by atoms with Crippen LogP contribution >= 0.6 is 12.4 Å². The summed E-state index contributed by atoms with van der Waals surface area (Å²) >= 11 is 0. The van der Waals surface area contributed by atoms with Crippen LogP contribution in [0.1, 0.15) is 66.3 Å². The van der Waals surface area contributed by atoms with E-state index in [1.807, 2.05) is 0 Å². The Bertz CT molecular complexity index is 1350. The highest BCUT2D eigenvalue weighted by atomic mass is 35.5. The fourth-order valence-corrected chi connectivity index (χ4v) is 7.49. The lowest BCUT2D eigenvalue weighted by Crippen LogP contribution is -2.53. The van der Waals surface area contributed by atoms with E-state index in [1.54, 1.807) is 19.2 Å². The van der Waals surface area contributed by atoms with Crippen LogP contribution in [0.2, 0.25) is 0 Å². The molecule has 3 aromatic rings. The fraction of sp³-hybridized carbons (Fsp3) is 0.500. The molecule has 0 spiro atoms. The number of fused-ring (bicyclic) bond motifs is 3. The van der Waals surface area contributed by atoms with Crippen molar-refractivity contribution < 1.29 is 23.7 Å². The molecule has 1 saturated heterocycles. The molecule has 0 saturated carbocycles. The molecule has 4 heterocycles. The first kappa shape index (κ1) is 26.7. The van der Waals surface area contributed by atoms with E-state index in [0.717, 1.165) is 25.8 Å². The van der Waals surface area contributed by atoms with Crippen molar-refractivity contribution >= 4 is 29.3 Å². The minimum Gasteiger partial charge on any atom is -0.493 e. The van der Waals surface area contributed by atoms with Crippen molar-refractivity contribution in [1.29, 1.82) is 0 Å². The van der Waals surface area contributed by atoms with Gasteiger partial charge in [-0.05, 0) is 67.8 Å². The SMILES string of the molecule is CC[C@]12CCCN3CCc4c(n(c5ccccc45)[C@@H](COC(=O)c4ccc(OC)c(OC)c4OC)C1)[C@@H]32.Cl. The molecule has 0 bridgehead atoms. The van der Waals surface area contributed by atoms with Crippen molar-refractivity contribution in [3.05, 3.63) is 53.2 Å². The number of ether oxygens (including phenoxy) is 4. The number of esters is 1. The number of para-hydroxylation sites is 1. The van der Waals surface area contributed by atoms with E-state index in [-0.39, 0.29) is 23.9 Å². The quantitative estimate of drug-likeness (QED) is 0.344. The molecule has 2 aromatic carbocycles. The second-order valence-corrected chi connectivity index (χ2v) is 10.6. The Morgan fingerprint density at radius 1 is 1.03 bits per heavy atom. The summed E-state index contributed by atoms with van der Waals surface area (Å²) in [6.07, 6.45) is 5.67. The molecule has 38 heavy (non-hydrogen) atoms. The first-order chi connectivity index (χ1) is 18.1. The number of methoxy groups -OCH3 is 3. The van der Waals surface area contributed by atoms with Crippen molar-refractivity contribution in [3.8, 4) is 17.2 Å². The Labute approximate surface area is 230 Å². The summed E-state index contributed by atoms with van der Waals surface area (Å²) < 4.78 is 25.0. The van der Waals surface area contributed by atoms with Gasteiger partial charge in [-0.25, -0.2) is 4.79 Å². The first-order valence-electron chi connectivity index (χ1n) is 13.4. The van der Waals surface area contributed by atoms with E-state index in [1.165, 1.54) is 55.8 Å². The topological polar surface area (TPSA) is 62.2 Å². The van der Waals surface area contributed by atoms with E-state index in [2.05, 4.69) is 40.7 Å². The van der Waals surface area contributed by atoms with Crippen molar-refractivity contribution in [2.75, 3.05) is 41.0 Å². The highest BCUT2D eigenvalue weighted by Crippen LogP contribution is 2.59. The zero-order chi connectivity index (χ0) is 25.7. The Morgan fingerprint density at radius 3 is 2.55 bits per heavy atom. The van der Waals surface area contributed by atoms with Crippen LogP contribution in [0.25, 0.3) is 10.9 Å². The molecular formula is C30H37ClN2O5. The predicted molar refractivity (Wildman–Crippen MR) is 149 cm³/mol. The van der Waals surface area contributed by atoms with Gasteiger partial charge in [0.15, 0.2) is 11.5 Å². The highest BCUT2D eigenvalue weighted by molar-refractivity contribution is 5.94. The van der Waals surface area contributed by atoms with Gasteiger partial charge in [0, 0.05) is 23.1 Å². The number of piperidine rings is 1. The predicted octanol–water partition coefficient (Wildman–Crippen LogP) is 5.98. The molecule has 0 radical (unpaired) electrons. The maximum absolute atomic E-state index is 13.4. The smallest absolute Gasteiger partial charge is 0.342 e. The number of carbonyl (C=O) groups is 1. The molecule has 3 aliphatic heterocycles. The number of hydrogen-bond donors (Lipinski definition) is 0. The second kappa shape index (κ2) is 10.3. The summed E-state index contributed by atoms with van der Waals surface area (Å²) in [4.78, 5) is 16.1. The average molecular weight is 541 g/mol. The van der Waals surface area contributed by atoms with Gasteiger partial charge in [-0.3, -0.25) is 4.90 Å². The van der Waals surface area contributed by atoms with E-state index in [9.17, 15) is 4.79 Å². The molecule has 1 fully saturated rings. The van der Waals surface area contributed by atoms with Gasteiger partial charge in [-0.2, -0.15) is 0 Å². The normalized spacial score (nSPS) is 23.8. The van der Waals surface area contributed by atoms with Crippen LogP contribution in [0.5, 0.6) is 17.2 Å². The van der Waals surface area contributed by atoms with E-state index in [4.69, 9.17) is 18.9 Å². The fourth-order valence-electron chi connectivity index (χ4n) is 7.49. The maximum Gasteiger partial charge on any atom is 0.342 e. The maximum atomic E-state index is 13.4. The molecule has 6 rings (SSSR count). The summed E-state index contributed by atoms with van der Waals surface area (Å²) in [5, 5.41) is 1.35. The molecule has 0 amide bonds. The number of aromatic nitrogens is 1. The average Bonchev–Trinajstić information content (AvgIpc) is 3.29. The van der Waals surface area contributed by atoms with Crippen molar-refractivity contribution in [1.82, 2.24) is 9.47 Å². The lowest BCUT2D eigenvalue weighted by Gasteiger charge is -2.56. The van der Waals surface area contributed by atoms with Gasteiger partial charge in [0.25, 0.3) is 0 Å². The summed E-state index contributed by atoms with van der Waals surface area (Å²) in [5.41, 5.74) is 4.76. The second-order valence-electron chi connectivity index (χ2n) is 10.6. The molecular weight excluding hydrogens is 504 g/mol.